The van der Waals surface area contributed by atoms with Gasteiger partial charge in [0.25, 0.3) is 5.91 Å². The molecule has 0 bridgehead atoms. The van der Waals surface area contributed by atoms with Gasteiger partial charge in [0.05, 0.1) is 12.2 Å². The summed E-state index contributed by atoms with van der Waals surface area (Å²) < 4.78 is 0. The molecule has 0 saturated carbocycles. The standard InChI is InChI=1S/C18H19N3OS2/c1-21(2)15(14-8-9-23-12-14)10-19-17(22)16-11-20-18(24-16)13-6-4-3-5-7-13/h3-9,11-12,15H,10H2,1-2H3,(H,19,22). The topological polar surface area (TPSA) is 45.2 Å². The van der Waals surface area contributed by atoms with Crippen molar-refractivity contribution < 1.29 is 4.79 Å². The molecule has 124 valence electrons. The zero-order valence-corrected chi connectivity index (χ0v) is 15.2. The van der Waals surface area contributed by atoms with E-state index in [0.717, 1.165) is 10.6 Å². The van der Waals surface area contributed by atoms with Crippen molar-refractivity contribution in [3.05, 3.63) is 63.8 Å². The summed E-state index contributed by atoms with van der Waals surface area (Å²) in [6.07, 6.45) is 1.65. The molecule has 0 spiro atoms. The fraction of sp³-hybridized carbons (Fsp3) is 0.222. The molecule has 0 saturated heterocycles. The van der Waals surface area contributed by atoms with Gasteiger partial charge in [0, 0.05) is 12.1 Å². The quantitative estimate of drug-likeness (QED) is 0.728. The van der Waals surface area contributed by atoms with Crippen molar-refractivity contribution in [1.82, 2.24) is 15.2 Å². The van der Waals surface area contributed by atoms with Crippen LogP contribution in [0.25, 0.3) is 10.6 Å². The first-order chi connectivity index (χ1) is 11.6. The van der Waals surface area contributed by atoms with Crippen LogP contribution in [0.4, 0.5) is 0 Å². The van der Waals surface area contributed by atoms with Gasteiger partial charge in [0.1, 0.15) is 9.88 Å². The van der Waals surface area contributed by atoms with Crippen LogP contribution in [0.15, 0.2) is 53.4 Å². The second-order valence-electron chi connectivity index (χ2n) is 5.64. The van der Waals surface area contributed by atoms with Gasteiger partial charge >= 0.3 is 0 Å². The largest absolute Gasteiger partial charge is 0.349 e. The molecule has 0 aliphatic heterocycles. The maximum absolute atomic E-state index is 12.4. The molecule has 2 heterocycles. The highest BCUT2D eigenvalue weighted by molar-refractivity contribution is 7.16. The van der Waals surface area contributed by atoms with Gasteiger partial charge in [-0.2, -0.15) is 11.3 Å². The maximum Gasteiger partial charge on any atom is 0.263 e. The van der Waals surface area contributed by atoms with Crippen LogP contribution in [-0.4, -0.2) is 36.4 Å². The molecule has 1 unspecified atom stereocenters. The van der Waals surface area contributed by atoms with Crippen LogP contribution in [0.5, 0.6) is 0 Å². The smallest absolute Gasteiger partial charge is 0.263 e. The average molecular weight is 358 g/mol. The average Bonchev–Trinajstić information content (AvgIpc) is 3.27. The van der Waals surface area contributed by atoms with E-state index >= 15 is 0 Å². The zero-order chi connectivity index (χ0) is 16.9. The Morgan fingerprint density at radius 1 is 1.25 bits per heavy atom. The van der Waals surface area contributed by atoms with Crippen LogP contribution in [0.3, 0.4) is 0 Å². The number of aromatic nitrogens is 1. The van der Waals surface area contributed by atoms with Gasteiger partial charge in [-0.3, -0.25) is 4.79 Å². The van der Waals surface area contributed by atoms with Crippen LogP contribution in [0.2, 0.25) is 0 Å². The Hall–Kier alpha value is -2.02. The molecule has 0 aliphatic carbocycles. The van der Waals surface area contributed by atoms with Crippen LogP contribution in [0, 0.1) is 0 Å². The lowest BCUT2D eigenvalue weighted by molar-refractivity contribution is 0.0946. The Bertz CT molecular complexity index is 782. The first kappa shape index (κ1) is 16.8. The minimum absolute atomic E-state index is 0.0724. The van der Waals surface area contributed by atoms with Gasteiger partial charge in [-0.25, -0.2) is 4.98 Å². The number of carbonyl (C=O) groups is 1. The lowest BCUT2D eigenvalue weighted by Gasteiger charge is -2.23. The van der Waals surface area contributed by atoms with E-state index in [1.165, 1.54) is 16.9 Å². The normalized spacial score (nSPS) is 12.3. The highest BCUT2D eigenvalue weighted by Crippen LogP contribution is 2.25. The summed E-state index contributed by atoms with van der Waals surface area (Å²) in [5, 5.41) is 8.07. The third kappa shape index (κ3) is 3.90. The Morgan fingerprint density at radius 3 is 2.71 bits per heavy atom. The van der Waals surface area contributed by atoms with Crippen molar-refractivity contribution in [3.63, 3.8) is 0 Å². The summed E-state index contributed by atoms with van der Waals surface area (Å²) in [6.45, 7) is 0.571. The third-order valence-electron chi connectivity index (χ3n) is 3.76. The molecule has 3 rings (SSSR count). The minimum Gasteiger partial charge on any atom is -0.349 e. The summed E-state index contributed by atoms with van der Waals surface area (Å²) in [5.41, 5.74) is 2.26. The maximum atomic E-state index is 12.4. The summed E-state index contributed by atoms with van der Waals surface area (Å²) >= 11 is 3.09. The molecule has 6 heteroatoms. The number of thiophene rings is 1. The second kappa shape index (κ2) is 7.70. The molecular weight excluding hydrogens is 338 g/mol. The number of carbonyl (C=O) groups excluding carboxylic acids is 1. The van der Waals surface area contributed by atoms with Crippen LogP contribution in [0.1, 0.15) is 21.3 Å². The van der Waals surface area contributed by atoms with Crippen molar-refractivity contribution in [1.29, 1.82) is 0 Å². The van der Waals surface area contributed by atoms with Crippen molar-refractivity contribution in [2.75, 3.05) is 20.6 Å². The predicted octanol–water partition coefficient (Wildman–Crippen LogP) is 3.90. The fourth-order valence-corrected chi connectivity index (χ4v) is 3.98. The van der Waals surface area contributed by atoms with Crippen LogP contribution >= 0.6 is 22.7 Å². The highest BCUT2D eigenvalue weighted by atomic mass is 32.1. The molecule has 1 N–H and O–H groups in total. The Morgan fingerprint density at radius 2 is 2.04 bits per heavy atom. The first-order valence-corrected chi connectivity index (χ1v) is 9.39. The van der Waals surface area contributed by atoms with Gasteiger partial charge in [0.2, 0.25) is 0 Å². The molecule has 1 atom stereocenters. The molecule has 1 amide bonds. The molecule has 1 aromatic carbocycles. The SMILES string of the molecule is CN(C)C(CNC(=O)c1cnc(-c2ccccc2)s1)c1ccsc1. The van der Waals surface area contributed by atoms with E-state index in [2.05, 4.69) is 32.0 Å². The van der Waals surface area contributed by atoms with E-state index in [1.54, 1.807) is 17.5 Å². The number of hydrogen-bond acceptors (Lipinski definition) is 5. The van der Waals surface area contributed by atoms with Gasteiger partial charge < -0.3 is 10.2 Å². The fourth-order valence-electron chi connectivity index (χ4n) is 2.43. The molecule has 0 fully saturated rings. The molecule has 0 radical (unpaired) electrons. The van der Waals surface area contributed by atoms with E-state index in [9.17, 15) is 4.79 Å². The van der Waals surface area contributed by atoms with E-state index in [-0.39, 0.29) is 11.9 Å². The van der Waals surface area contributed by atoms with E-state index in [4.69, 9.17) is 0 Å². The van der Waals surface area contributed by atoms with Crippen molar-refractivity contribution in [3.8, 4) is 10.6 Å². The third-order valence-corrected chi connectivity index (χ3v) is 5.50. The molecule has 24 heavy (non-hydrogen) atoms. The van der Waals surface area contributed by atoms with E-state index in [1.807, 2.05) is 44.4 Å². The van der Waals surface area contributed by atoms with Crippen LogP contribution < -0.4 is 5.32 Å². The van der Waals surface area contributed by atoms with Gasteiger partial charge in [-0.05, 0) is 36.5 Å². The molecule has 0 aliphatic rings. The summed E-state index contributed by atoms with van der Waals surface area (Å²) in [6, 6.07) is 12.2. The summed E-state index contributed by atoms with van der Waals surface area (Å²) in [7, 11) is 4.05. The van der Waals surface area contributed by atoms with Crippen LogP contribution in [-0.2, 0) is 0 Å². The number of amides is 1. The van der Waals surface area contributed by atoms with E-state index < -0.39 is 0 Å². The number of nitrogens with zero attached hydrogens (tertiary/aromatic N) is 2. The number of benzene rings is 1. The van der Waals surface area contributed by atoms with Gasteiger partial charge in [0.15, 0.2) is 0 Å². The second-order valence-corrected chi connectivity index (χ2v) is 7.45. The molecule has 4 nitrogen and oxygen atoms in total. The Kier molecular flexibility index (Phi) is 5.40. The highest BCUT2D eigenvalue weighted by Gasteiger charge is 2.17. The predicted molar refractivity (Wildman–Crippen MR) is 101 cm³/mol. The van der Waals surface area contributed by atoms with Crippen molar-refractivity contribution in [2.24, 2.45) is 0 Å². The van der Waals surface area contributed by atoms with E-state index in [0.29, 0.717) is 11.4 Å². The number of thiazole rings is 1. The summed E-state index contributed by atoms with van der Waals surface area (Å²) in [4.78, 5) is 19.5. The molecule has 3 aromatic rings. The lowest BCUT2D eigenvalue weighted by atomic mass is 10.1. The summed E-state index contributed by atoms with van der Waals surface area (Å²) in [5.74, 6) is -0.0724. The molecule has 2 aromatic heterocycles. The van der Waals surface area contributed by atoms with Gasteiger partial charge in [-0.15, -0.1) is 11.3 Å². The minimum atomic E-state index is -0.0724. The zero-order valence-electron chi connectivity index (χ0n) is 13.6. The molecular formula is C18H19N3OS2. The number of likely N-dealkylation sites (N-methyl/N-ethyl adjacent to an activating group) is 1. The number of hydrogen-bond donors (Lipinski definition) is 1. The Balaban J connectivity index is 1.66. The van der Waals surface area contributed by atoms with Gasteiger partial charge in [-0.1, -0.05) is 30.3 Å². The number of nitrogens with one attached hydrogen (secondary N) is 1. The first-order valence-electron chi connectivity index (χ1n) is 7.63. The lowest BCUT2D eigenvalue weighted by Crippen LogP contribution is -2.34. The van der Waals surface area contributed by atoms with Crippen molar-refractivity contribution in [2.45, 2.75) is 6.04 Å². The monoisotopic (exact) mass is 357 g/mol. The Labute approximate surface area is 149 Å². The van der Waals surface area contributed by atoms with Crippen molar-refractivity contribution >= 4 is 28.6 Å². The number of rotatable bonds is 6.